The first-order valence-electron chi connectivity index (χ1n) is 8.68. The van der Waals surface area contributed by atoms with Crippen LogP contribution < -0.4 is 0 Å². The number of Topliss-reactive ketones (excluding diaryl/α,β-unsaturated/α-hetero) is 1. The van der Waals surface area contributed by atoms with Crippen molar-refractivity contribution >= 4 is 23.5 Å². The third kappa shape index (κ3) is 4.46. The second-order valence-electron chi connectivity index (χ2n) is 7.50. The highest BCUT2D eigenvalue weighted by atomic mass is 32.2. The number of ketones is 1. The monoisotopic (exact) mass is 360 g/mol. The Bertz CT molecular complexity index is 704. The van der Waals surface area contributed by atoms with Gasteiger partial charge in [-0.1, -0.05) is 11.6 Å². The van der Waals surface area contributed by atoms with Crippen molar-refractivity contribution in [2.24, 2.45) is 0 Å². The SMILES string of the molecule is CC(C)(C)OC(=O)CCCC1=CCC2=C(C1)C(=O)C1SC=CC1=CO2. The maximum Gasteiger partial charge on any atom is 0.306 e. The Kier molecular flexibility index (Phi) is 5.23. The second kappa shape index (κ2) is 7.24. The number of hydrogen-bond acceptors (Lipinski definition) is 5. The van der Waals surface area contributed by atoms with Crippen molar-refractivity contribution in [3.05, 3.63) is 46.3 Å². The topological polar surface area (TPSA) is 52.6 Å². The first-order valence-corrected chi connectivity index (χ1v) is 9.62. The van der Waals surface area contributed by atoms with E-state index in [-0.39, 0.29) is 17.0 Å². The highest BCUT2D eigenvalue weighted by Crippen LogP contribution is 2.39. The fourth-order valence-electron chi connectivity index (χ4n) is 3.12. The Morgan fingerprint density at radius 3 is 2.96 bits per heavy atom. The third-order valence-corrected chi connectivity index (χ3v) is 5.32. The van der Waals surface area contributed by atoms with Crippen molar-refractivity contribution in [3.63, 3.8) is 0 Å². The summed E-state index contributed by atoms with van der Waals surface area (Å²) in [6.45, 7) is 5.62. The molecule has 5 heteroatoms. The molecule has 0 saturated carbocycles. The summed E-state index contributed by atoms with van der Waals surface area (Å²) in [6.07, 6.45) is 9.00. The smallest absolute Gasteiger partial charge is 0.306 e. The van der Waals surface area contributed by atoms with Crippen molar-refractivity contribution in [2.45, 2.75) is 63.7 Å². The number of carbonyl (C=O) groups excluding carboxylic acids is 2. The van der Waals surface area contributed by atoms with E-state index >= 15 is 0 Å². The fraction of sp³-hybridized carbons (Fsp3) is 0.500. The molecule has 0 aromatic heterocycles. The molecule has 0 amide bonds. The molecule has 25 heavy (non-hydrogen) atoms. The summed E-state index contributed by atoms with van der Waals surface area (Å²) >= 11 is 1.54. The van der Waals surface area contributed by atoms with Gasteiger partial charge in [0.15, 0.2) is 5.78 Å². The van der Waals surface area contributed by atoms with Crippen LogP contribution in [0.5, 0.6) is 0 Å². The van der Waals surface area contributed by atoms with Crippen molar-refractivity contribution in [1.82, 2.24) is 0 Å². The Balaban J connectivity index is 1.54. The normalized spacial score (nSPS) is 22.5. The lowest BCUT2D eigenvalue weighted by Crippen LogP contribution is -2.23. The van der Waals surface area contributed by atoms with Crippen molar-refractivity contribution in [2.75, 3.05) is 0 Å². The molecular formula is C20H24O4S. The molecule has 0 bridgehead atoms. The van der Waals surface area contributed by atoms with Crippen LogP contribution in [-0.2, 0) is 19.1 Å². The molecule has 1 unspecified atom stereocenters. The summed E-state index contributed by atoms with van der Waals surface area (Å²) in [4.78, 5) is 24.6. The first-order chi connectivity index (χ1) is 11.8. The molecule has 4 nitrogen and oxygen atoms in total. The number of carbonyl (C=O) groups is 2. The van der Waals surface area contributed by atoms with E-state index in [0.29, 0.717) is 19.3 Å². The van der Waals surface area contributed by atoms with Gasteiger partial charge < -0.3 is 9.47 Å². The van der Waals surface area contributed by atoms with Crippen LogP contribution >= 0.6 is 11.8 Å². The van der Waals surface area contributed by atoms with Gasteiger partial charge in [0.25, 0.3) is 0 Å². The molecule has 0 aromatic rings. The van der Waals surface area contributed by atoms with Crippen molar-refractivity contribution in [3.8, 4) is 0 Å². The lowest BCUT2D eigenvalue weighted by atomic mass is 9.89. The molecule has 0 fully saturated rings. The summed E-state index contributed by atoms with van der Waals surface area (Å²) in [7, 11) is 0. The fourth-order valence-corrected chi connectivity index (χ4v) is 4.07. The van der Waals surface area contributed by atoms with Gasteiger partial charge >= 0.3 is 5.97 Å². The van der Waals surface area contributed by atoms with Gasteiger partial charge in [-0.2, -0.15) is 0 Å². The lowest BCUT2D eigenvalue weighted by molar-refractivity contribution is -0.154. The minimum atomic E-state index is -0.442. The average Bonchev–Trinajstić information content (AvgIpc) is 2.95. The molecule has 2 aliphatic heterocycles. The molecule has 0 saturated heterocycles. The van der Waals surface area contributed by atoms with Crippen LogP contribution in [-0.4, -0.2) is 22.6 Å². The standard InChI is InChI=1S/C20H24O4S/c1-20(2,3)24-17(21)6-4-5-13-7-8-16-15(11-13)18(22)19-14(12-23-16)9-10-25-19/h7,9-10,12,19H,4-6,8,11H2,1-3H3. The summed E-state index contributed by atoms with van der Waals surface area (Å²) in [6, 6.07) is 0. The number of fused-ring (bicyclic) bond motifs is 1. The van der Waals surface area contributed by atoms with Gasteiger partial charge in [0.1, 0.15) is 11.4 Å². The lowest BCUT2D eigenvalue weighted by Gasteiger charge is -2.20. The average molecular weight is 360 g/mol. The molecule has 134 valence electrons. The zero-order valence-electron chi connectivity index (χ0n) is 15.0. The Labute approximate surface area is 153 Å². The van der Waals surface area contributed by atoms with Crippen LogP contribution in [0.3, 0.4) is 0 Å². The molecule has 2 heterocycles. The van der Waals surface area contributed by atoms with Crippen molar-refractivity contribution < 1.29 is 19.1 Å². The van der Waals surface area contributed by atoms with Crippen LogP contribution in [0, 0.1) is 0 Å². The molecule has 0 radical (unpaired) electrons. The van der Waals surface area contributed by atoms with Gasteiger partial charge in [-0.15, -0.1) is 11.8 Å². The predicted octanol–water partition coefficient (Wildman–Crippen LogP) is 4.59. The zero-order valence-corrected chi connectivity index (χ0v) is 15.8. The third-order valence-electron chi connectivity index (χ3n) is 4.27. The van der Waals surface area contributed by atoms with E-state index < -0.39 is 5.60 Å². The van der Waals surface area contributed by atoms with E-state index in [0.717, 1.165) is 29.7 Å². The Morgan fingerprint density at radius 2 is 2.20 bits per heavy atom. The van der Waals surface area contributed by atoms with Crippen molar-refractivity contribution in [1.29, 1.82) is 0 Å². The predicted molar refractivity (Wildman–Crippen MR) is 98.7 cm³/mol. The molecule has 1 aliphatic carbocycles. The van der Waals surface area contributed by atoms with Gasteiger partial charge in [-0.25, -0.2) is 0 Å². The molecular weight excluding hydrogens is 336 g/mol. The van der Waals surface area contributed by atoms with Gasteiger partial charge in [-0.05, 0) is 45.1 Å². The number of thioether (sulfide) groups is 1. The largest absolute Gasteiger partial charge is 0.468 e. The Morgan fingerprint density at radius 1 is 1.40 bits per heavy atom. The number of ether oxygens (including phenoxy) is 2. The summed E-state index contributed by atoms with van der Waals surface area (Å²) < 4.78 is 11.1. The van der Waals surface area contributed by atoms with Crippen LogP contribution in [0.2, 0.25) is 0 Å². The van der Waals surface area contributed by atoms with E-state index in [1.165, 1.54) is 17.3 Å². The number of esters is 1. The van der Waals surface area contributed by atoms with E-state index in [2.05, 4.69) is 6.08 Å². The molecule has 3 aliphatic rings. The van der Waals surface area contributed by atoms with Crippen LogP contribution in [0.25, 0.3) is 0 Å². The van der Waals surface area contributed by atoms with E-state index in [1.54, 1.807) is 6.26 Å². The van der Waals surface area contributed by atoms with E-state index in [4.69, 9.17) is 9.47 Å². The maximum atomic E-state index is 12.8. The first kappa shape index (κ1) is 18.1. The van der Waals surface area contributed by atoms with Crippen LogP contribution in [0.4, 0.5) is 0 Å². The number of allylic oxidation sites excluding steroid dienone is 4. The minimum Gasteiger partial charge on any atom is -0.468 e. The van der Waals surface area contributed by atoms with Crippen LogP contribution in [0.15, 0.2) is 46.3 Å². The highest BCUT2D eigenvalue weighted by Gasteiger charge is 2.33. The quantitative estimate of drug-likeness (QED) is 0.542. The molecule has 0 aromatic carbocycles. The zero-order chi connectivity index (χ0) is 18.0. The van der Waals surface area contributed by atoms with E-state index in [1.807, 2.05) is 32.3 Å². The van der Waals surface area contributed by atoms with Crippen LogP contribution in [0.1, 0.15) is 52.9 Å². The van der Waals surface area contributed by atoms with Gasteiger partial charge in [0.2, 0.25) is 0 Å². The highest BCUT2D eigenvalue weighted by molar-refractivity contribution is 8.04. The van der Waals surface area contributed by atoms with Gasteiger partial charge in [0, 0.05) is 30.4 Å². The molecule has 1 atom stereocenters. The van der Waals surface area contributed by atoms with Gasteiger partial charge in [-0.3, -0.25) is 9.59 Å². The van der Waals surface area contributed by atoms with Gasteiger partial charge in [0.05, 0.1) is 11.5 Å². The molecule has 0 N–H and O–H groups in total. The summed E-state index contributed by atoms with van der Waals surface area (Å²) in [5, 5.41) is 1.79. The summed E-state index contributed by atoms with van der Waals surface area (Å²) in [5.41, 5.74) is 2.50. The minimum absolute atomic E-state index is 0.159. The summed E-state index contributed by atoms with van der Waals surface area (Å²) in [5.74, 6) is 0.767. The molecule has 3 rings (SSSR count). The second-order valence-corrected chi connectivity index (χ2v) is 8.52. The number of rotatable bonds is 4. The maximum absolute atomic E-state index is 12.8. The molecule has 0 spiro atoms. The Hall–Kier alpha value is -1.75. The van der Waals surface area contributed by atoms with E-state index in [9.17, 15) is 9.59 Å². The number of hydrogen-bond donors (Lipinski definition) is 0.